The molecule has 2 aliphatic rings. The van der Waals surface area contributed by atoms with Crippen LogP contribution < -0.4 is 10.7 Å². The van der Waals surface area contributed by atoms with Crippen molar-refractivity contribution < 1.29 is 9.59 Å². The molecule has 5 heteroatoms. The van der Waals surface area contributed by atoms with Crippen molar-refractivity contribution in [3.05, 3.63) is 47.0 Å². The number of carbonyl (C=O) groups is 2. The van der Waals surface area contributed by atoms with Gasteiger partial charge in [-0.2, -0.15) is 5.10 Å². The predicted octanol–water partition coefficient (Wildman–Crippen LogP) is 2.06. The summed E-state index contributed by atoms with van der Waals surface area (Å²) in [6.07, 6.45) is 4.04. The Hall–Kier alpha value is -2.69. The van der Waals surface area contributed by atoms with Crippen LogP contribution in [0.25, 0.3) is 10.8 Å². The van der Waals surface area contributed by atoms with Gasteiger partial charge in [-0.1, -0.05) is 30.3 Å². The zero-order valence-corrected chi connectivity index (χ0v) is 13.6. The summed E-state index contributed by atoms with van der Waals surface area (Å²) < 4.78 is 0. The lowest BCUT2D eigenvalue weighted by Crippen LogP contribution is -2.39. The zero-order valence-electron chi connectivity index (χ0n) is 13.6. The molecule has 0 saturated heterocycles. The molecule has 122 valence electrons. The third-order valence-electron chi connectivity index (χ3n) is 4.71. The third kappa shape index (κ3) is 2.66. The normalized spacial score (nSPS) is 16.3. The predicted molar refractivity (Wildman–Crippen MR) is 92.9 cm³/mol. The van der Waals surface area contributed by atoms with Crippen LogP contribution in [-0.4, -0.2) is 23.6 Å². The van der Waals surface area contributed by atoms with Gasteiger partial charge >= 0.3 is 11.8 Å². The SMILES string of the molecule is CC(=NNC(=O)C(=O)NC1CC1)c1ccc2c3c(cccc13)CC2. The van der Waals surface area contributed by atoms with Crippen LogP contribution in [0.2, 0.25) is 0 Å². The van der Waals surface area contributed by atoms with E-state index in [9.17, 15) is 9.59 Å². The standard InChI is InChI=1S/C19H19N3O2/c1-11(21-22-19(24)18(23)20-14-8-9-14)15-10-7-13-6-5-12-3-2-4-16(15)17(12)13/h2-4,7,10,14H,5-6,8-9H2,1H3,(H,20,23)(H,22,24). The lowest BCUT2D eigenvalue weighted by molar-refractivity contribution is -0.139. The zero-order chi connectivity index (χ0) is 16.7. The van der Waals surface area contributed by atoms with Gasteiger partial charge in [0.1, 0.15) is 0 Å². The molecule has 0 unspecified atom stereocenters. The Balaban J connectivity index is 1.58. The van der Waals surface area contributed by atoms with Crippen LogP contribution in [0.4, 0.5) is 0 Å². The molecule has 5 nitrogen and oxygen atoms in total. The summed E-state index contributed by atoms with van der Waals surface area (Å²) >= 11 is 0. The van der Waals surface area contributed by atoms with Crippen molar-refractivity contribution in [1.82, 2.24) is 10.7 Å². The van der Waals surface area contributed by atoms with Gasteiger partial charge in [0.25, 0.3) is 0 Å². The molecule has 0 bridgehead atoms. The topological polar surface area (TPSA) is 70.6 Å². The average Bonchev–Trinajstić information content (AvgIpc) is 3.31. The first-order valence-electron chi connectivity index (χ1n) is 8.32. The highest BCUT2D eigenvalue weighted by atomic mass is 16.2. The fraction of sp³-hybridized carbons (Fsp3) is 0.316. The molecule has 2 aromatic carbocycles. The van der Waals surface area contributed by atoms with Crippen molar-refractivity contribution in [1.29, 1.82) is 0 Å². The largest absolute Gasteiger partial charge is 0.345 e. The Morgan fingerprint density at radius 2 is 1.79 bits per heavy atom. The van der Waals surface area contributed by atoms with E-state index in [1.54, 1.807) is 0 Å². The van der Waals surface area contributed by atoms with Crippen molar-refractivity contribution in [2.45, 2.75) is 38.6 Å². The maximum Gasteiger partial charge on any atom is 0.329 e. The molecule has 1 fully saturated rings. The Labute approximate surface area is 140 Å². The van der Waals surface area contributed by atoms with E-state index in [0.717, 1.165) is 36.6 Å². The van der Waals surface area contributed by atoms with E-state index in [4.69, 9.17) is 0 Å². The van der Waals surface area contributed by atoms with Crippen molar-refractivity contribution >= 4 is 28.3 Å². The van der Waals surface area contributed by atoms with E-state index in [-0.39, 0.29) is 6.04 Å². The van der Waals surface area contributed by atoms with Gasteiger partial charge < -0.3 is 5.32 Å². The first-order chi connectivity index (χ1) is 11.6. The maximum absolute atomic E-state index is 11.8. The van der Waals surface area contributed by atoms with Crippen molar-refractivity contribution in [3.8, 4) is 0 Å². The minimum atomic E-state index is -0.716. The van der Waals surface area contributed by atoms with Crippen molar-refractivity contribution in [2.75, 3.05) is 0 Å². The number of hydrogen-bond acceptors (Lipinski definition) is 3. The number of carbonyl (C=O) groups excluding carboxylic acids is 2. The van der Waals surface area contributed by atoms with E-state index in [0.29, 0.717) is 5.71 Å². The second kappa shape index (κ2) is 5.74. The number of nitrogens with zero attached hydrogens (tertiary/aromatic N) is 1. The molecule has 0 heterocycles. The number of rotatable bonds is 3. The van der Waals surface area contributed by atoms with E-state index >= 15 is 0 Å². The van der Waals surface area contributed by atoms with Gasteiger partial charge in [0.2, 0.25) is 0 Å². The van der Waals surface area contributed by atoms with Crippen LogP contribution in [0, 0.1) is 0 Å². The summed E-state index contributed by atoms with van der Waals surface area (Å²) in [5.74, 6) is -1.33. The molecule has 0 radical (unpaired) electrons. The molecule has 2 N–H and O–H groups in total. The highest BCUT2D eigenvalue weighted by Crippen LogP contribution is 2.32. The highest BCUT2D eigenvalue weighted by Gasteiger charge is 2.26. The van der Waals surface area contributed by atoms with Crippen molar-refractivity contribution in [3.63, 3.8) is 0 Å². The van der Waals surface area contributed by atoms with Crippen LogP contribution >= 0.6 is 0 Å². The van der Waals surface area contributed by atoms with Crippen molar-refractivity contribution in [2.24, 2.45) is 5.10 Å². The van der Waals surface area contributed by atoms with E-state index < -0.39 is 11.8 Å². The minimum Gasteiger partial charge on any atom is -0.345 e. The molecule has 0 spiro atoms. The van der Waals surface area contributed by atoms with E-state index in [2.05, 4.69) is 40.1 Å². The van der Waals surface area contributed by atoms with Gasteiger partial charge in [0.15, 0.2) is 0 Å². The lowest BCUT2D eigenvalue weighted by atomic mass is 9.98. The number of hydrazone groups is 1. The first kappa shape index (κ1) is 14.9. The molecular weight excluding hydrogens is 302 g/mol. The van der Waals surface area contributed by atoms with Crippen LogP contribution in [0.3, 0.4) is 0 Å². The third-order valence-corrected chi connectivity index (χ3v) is 4.71. The Kier molecular flexibility index (Phi) is 3.56. The molecule has 1 saturated carbocycles. The number of hydrogen-bond donors (Lipinski definition) is 2. The monoisotopic (exact) mass is 321 g/mol. The summed E-state index contributed by atoms with van der Waals surface area (Å²) in [5.41, 5.74) is 6.77. The highest BCUT2D eigenvalue weighted by molar-refractivity contribution is 6.35. The molecule has 2 aliphatic carbocycles. The Morgan fingerprint density at radius 3 is 2.54 bits per heavy atom. The van der Waals surface area contributed by atoms with Gasteiger partial charge in [-0.25, -0.2) is 5.43 Å². The quantitative estimate of drug-likeness (QED) is 0.516. The second-order valence-corrected chi connectivity index (χ2v) is 6.50. The molecule has 4 rings (SSSR count). The minimum absolute atomic E-state index is 0.157. The fourth-order valence-corrected chi connectivity index (χ4v) is 3.29. The lowest BCUT2D eigenvalue weighted by Gasteiger charge is -2.09. The number of benzene rings is 2. The molecule has 0 aliphatic heterocycles. The van der Waals surface area contributed by atoms with Gasteiger partial charge in [0, 0.05) is 11.6 Å². The number of nitrogens with one attached hydrogen (secondary N) is 2. The maximum atomic E-state index is 11.8. The van der Waals surface area contributed by atoms with Crippen LogP contribution in [0.5, 0.6) is 0 Å². The van der Waals surface area contributed by atoms with Gasteiger partial charge in [-0.15, -0.1) is 0 Å². The molecular formula is C19H19N3O2. The summed E-state index contributed by atoms with van der Waals surface area (Å²) in [6, 6.07) is 10.6. The van der Waals surface area contributed by atoms with Crippen LogP contribution in [-0.2, 0) is 22.4 Å². The van der Waals surface area contributed by atoms with Gasteiger partial charge in [0.05, 0.1) is 5.71 Å². The second-order valence-electron chi connectivity index (χ2n) is 6.50. The Bertz CT molecular complexity index is 871. The molecule has 0 aromatic heterocycles. The molecule has 0 atom stereocenters. The molecule has 2 aromatic rings. The Morgan fingerprint density at radius 1 is 1.04 bits per heavy atom. The molecule has 2 amide bonds. The van der Waals surface area contributed by atoms with Gasteiger partial charge in [-0.05, 0) is 54.5 Å². The summed E-state index contributed by atoms with van der Waals surface area (Å²) in [7, 11) is 0. The van der Waals surface area contributed by atoms with E-state index in [1.807, 2.05) is 13.0 Å². The fourth-order valence-electron chi connectivity index (χ4n) is 3.29. The molecule has 24 heavy (non-hydrogen) atoms. The summed E-state index contributed by atoms with van der Waals surface area (Å²) in [4.78, 5) is 23.5. The van der Waals surface area contributed by atoms with Crippen LogP contribution in [0.15, 0.2) is 35.4 Å². The van der Waals surface area contributed by atoms with Crippen LogP contribution in [0.1, 0.15) is 36.5 Å². The average molecular weight is 321 g/mol. The first-order valence-corrected chi connectivity index (χ1v) is 8.32. The van der Waals surface area contributed by atoms with Gasteiger partial charge in [-0.3, -0.25) is 9.59 Å². The smallest absolute Gasteiger partial charge is 0.329 e. The summed E-state index contributed by atoms with van der Waals surface area (Å²) in [6.45, 7) is 1.85. The van der Waals surface area contributed by atoms with E-state index in [1.165, 1.54) is 16.5 Å². The summed E-state index contributed by atoms with van der Waals surface area (Å²) in [5, 5.41) is 9.24. The number of amides is 2. The number of aryl methyl sites for hydroxylation is 2.